The summed E-state index contributed by atoms with van der Waals surface area (Å²) in [5.41, 5.74) is 0.385. The number of carbonyl (C=O) groups excluding carboxylic acids is 1. The van der Waals surface area contributed by atoms with E-state index >= 15 is 0 Å². The van der Waals surface area contributed by atoms with Crippen LogP contribution in [-0.2, 0) is 10.0 Å². The van der Waals surface area contributed by atoms with Gasteiger partial charge in [0.15, 0.2) is 11.6 Å². The summed E-state index contributed by atoms with van der Waals surface area (Å²) in [4.78, 5) is 11.8. The number of anilines is 2. The van der Waals surface area contributed by atoms with Gasteiger partial charge in [-0.1, -0.05) is 18.2 Å². The maximum atomic E-state index is 13.9. The lowest BCUT2D eigenvalue weighted by molar-refractivity contribution is 0.102. The van der Waals surface area contributed by atoms with Gasteiger partial charge in [-0.05, 0) is 48.5 Å². The molecule has 0 spiro atoms. The number of amides is 1. The standard InChI is InChI=1S/C20H16F2N2O4S/c1-28-14-11-9-13(10-12-14)23-20(25)15-5-2-3-7-17(15)24-29(26,27)18-8-4-6-16(21)19(18)22/h2-12,24H,1H3,(H,23,25). The predicted molar refractivity (Wildman–Crippen MR) is 105 cm³/mol. The molecule has 0 aliphatic rings. The van der Waals surface area contributed by atoms with Gasteiger partial charge < -0.3 is 10.1 Å². The number of sulfonamides is 1. The lowest BCUT2D eigenvalue weighted by atomic mass is 10.1. The number of para-hydroxylation sites is 1. The molecule has 0 radical (unpaired) electrons. The van der Waals surface area contributed by atoms with E-state index in [0.717, 1.165) is 18.2 Å². The van der Waals surface area contributed by atoms with Gasteiger partial charge in [-0.25, -0.2) is 17.2 Å². The van der Waals surface area contributed by atoms with Gasteiger partial charge in [-0.2, -0.15) is 0 Å². The second-order valence-electron chi connectivity index (χ2n) is 5.89. The van der Waals surface area contributed by atoms with Crippen LogP contribution < -0.4 is 14.8 Å². The highest BCUT2D eigenvalue weighted by Gasteiger charge is 2.23. The summed E-state index contributed by atoms with van der Waals surface area (Å²) >= 11 is 0. The molecule has 0 fully saturated rings. The summed E-state index contributed by atoms with van der Waals surface area (Å²) in [5, 5.41) is 2.63. The number of methoxy groups -OCH3 is 1. The van der Waals surface area contributed by atoms with Crippen molar-refractivity contribution in [3.63, 3.8) is 0 Å². The first-order chi connectivity index (χ1) is 13.8. The zero-order chi connectivity index (χ0) is 21.0. The molecule has 0 aromatic heterocycles. The fourth-order valence-electron chi connectivity index (χ4n) is 2.53. The van der Waals surface area contributed by atoms with Gasteiger partial charge in [0, 0.05) is 5.69 Å². The Kier molecular flexibility index (Phi) is 5.79. The number of benzene rings is 3. The molecule has 0 saturated heterocycles. The number of hydrogen-bond donors (Lipinski definition) is 2. The first kappa shape index (κ1) is 20.3. The molecule has 1 amide bonds. The Morgan fingerprint density at radius 3 is 2.31 bits per heavy atom. The van der Waals surface area contributed by atoms with Gasteiger partial charge >= 0.3 is 0 Å². The van der Waals surface area contributed by atoms with Crippen molar-refractivity contribution in [2.75, 3.05) is 17.1 Å². The molecule has 0 bridgehead atoms. The monoisotopic (exact) mass is 418 g/mol. The van der Waals surface area contributed by atoms with Gasteiger partial charge in [0.1, 0.15) is 10.6 Å². The minimum Gasteiger partial charge on any atom is -0.497 e. The molecule has 150 valence electrons. The first-order valence-corrected chi connectivity index (χ1v) is 9.81. The van der Waals surface area contributed by atoms with Crippen LogP contribution in [0.5, 0.6) is 5.75 Å². The van der Waals surface area contributed by atoms with Crippen molar-refractivity contribution < 1.29 is 26.7 Å². The third kappa shape index (κ3) is 4.52. The smallest absolute Gasteiger partial charge is 0.264 e. The van der Waals surface area contributed by atoms with Crippen LogP contribution >= 0.6 is 0 Å². The van der Waals surface area contributed by atoms with E-state index in [0.29, 0.717) is 11.4 Å². The molecule has 0 unspecified atom stereocenters. The SMILES string of the molecule is COc1ccc(NC(=O)c2ccccc2NS(=O)(=O)c2cccc(F)c2F)cc1. The van der Waals surface area contributed by atoms with Crippen molar-refractivity contribution >= 4 is 27.3 Å². The number of carbonyl (C=O) groups is 1. The molecule has 0 atom stereocenters. The molecule has 0 aliphatic heterocycles. The minimum absolute atomic E-state index is 0.00343. The highest BCUT2D eigenvalue weighted by Crippen LogP contribution is 2.24. The van der Waals surface area contributed by atoms with Crippen molar-refractivity contribution in [3.05, 3.63) is 83.9 Å². The van der Waals surface area contributed by atoms with Gasteiger partial charge in [-0.3, -0.25) is 9.52 Å². The first-order valence-electron chi connectivity index (χ1n) is 8.33. The van der Waals surface area contributed by atoms with Crippen LogP contribution in [0.25, 0.3) is 0 Å². The largest absolute Gasteiger partial charge is 0.497 e. The molecule has 6 nitrogen and oxygen atoms in total. The fourth-order valence-corrected chi connectivity index (χ4v) is 3.70. The highest BCUT2D eigenvalue weighted by atomic mass is 32.2. The van der Waals surface area contributed by atoms with E-state index in [1.165, 1.54) is 25.3 Å². The Balaban J connectivity index is 1.88. The molecule has 29 heavy (non-hydrogen) atoms. The lowest BCUT2D eigenvalue weighted by Crippen LogP contribution is -2.19. The molecule has 3 aromatic rings. The minimum atomic E-state index is -4.47. The molecule has 3 rings (SSSR count). The Hall–Kier alpha value is -3.46. The Labute approximate surface area is 166 Å². The van der Waals surface area contributed by atoms with Crippen molar-refractivity contribution in [2.45, 2.75) is 4.90 Å². The summed E-state index contributed by atoms with van der Waals surface area (Å²) in [6.45, 7) is 0. The maximum absolute atomic E-state index is 13.9. The van der Waals surface area contributed by atoms with E-state index < -0.39 is 32.5 Å². The van der Waals surface area contributed by atoms with E-state index in [4.69, 9.17) is 4.74 Å². The molecule has 3 aromatic carbocycles. The van der Waals surface area contributed by atoms with Gasteiger partial charge in [-0.15, -0.1) is 0 Å². The Morgan fingerprint density at radius 2 is 1.62 bits per heavy atom. The van der Waals surface area contributed by atoms with E-state index in [9.17, 15) is 22.0 Å². The summed E-state index contributed by atoms with van der Waals surface area (Å²) in [6, 6.07) is 15.1. The van der Waals surface area contributed by atoms with Crippen molar-refractivity contribution in [1.82, 2.24) is 0 Å². The quantitative estimate of drug-likeness (QED) is 0.633. The molecule has 0 aliphatic carbocycles. The van der Waals surface area contributed by atoms with Crippen LogP contribution in [-0.4, -0.2) is 21.4 Å². The number of hydrogen-bond acceptors (Lipinski definition) is 4. The predicted octanol–water partition coefficient (Wildman–Crippen LogP) is 4.03. The molecule has 0 heterocycles. The molecular formula is C20H16F2N2O4S. The molecule has 0 saturated carbocycles. The number of nitrogens with one attached hydrogen (secondary N) is 2. The van der Waals surface area contributed by atoms with E-state index in [1.54, 1.807) is 30.3 Å². The highest BCUT2D eigenvalue weighted by molar-refractivity contribution is 7.92. The van der Waals surface area contributed by atoms with Gasteiger partial charge in [0.05, 0.1) is 18.4 Å². The Morgan fingerprint density at radius 1 is 0.931 bits per heavy atom. The van der Waals surface area contributed by atoms with Crippen LogP contribution in [0.1, 0.15) is 10.4 Å². The van der Waals surface area contributed by atoms with E-state index in [1.807, 2.05) is 0 Å². The zero-order valence-electron chi connectivity index (χ0n) is 15.1. The van der Waals surface area contributed by atoms with Gasteiger partial charge in [0.2, 0.25) is 0 Å². The van der Waals surface area contributed by atoms with Crippen LogP contribution in [0.15, 0.2) is 71.6 Å². The number of ether oxygens (including phenoxy) is 1. The summed E-state index contributed by atoms with van der Waals surface area (Å²) in [7, 11) is -2.95. The third-order valence-electron chi connectivity index (χ3n) is 3.97. The van der Waals surface area contributed by atoms with Crippen LogP contribution in [0, 0.1) is 11.6 Å². The maximum Gasteiger partial charge on any atom is 0.264 e. The van der Waals surface area contributed by atoms with Crippen molar-refractivity contribution in [3.8, 4) is 5.75 Å². The lowest BCUT2D eigenvalue weighted by Gasteiger charge is -2.13. The topological polar surface area (TPSA) is 84.5 Å². The zero-order valence-corrected chi connectivity index (χ0v) is 16.0. The molecular weight excluding hydrogens is 402 g/mol. The second-order valence-corrected chi connectivity index (χ2v) is 7.54. The average molecular weight is 418 g/mol. The Bertz CT molecular complexity index is 1150. The number of rotatable bonds is 6. The van der Waals surface area contributed by atoms with Crippen molar-refractivity contribution in [1.29, 1.82) is 0 Å². The summed E-state index contributed by atoms with van der Waals surface area (Å²) in [6.07, 6.45) is 0. The number of halogens is 2. The average Bonchev–Trinajstić information content (AvgIpc) is 2.70. The summed E-state index contributed by atoms with van der Waals surface area (Å²) in [5.74, 6) is -2.78. The van der Waals surface area contributed by atoms with Crippen LogP contribution in [0.3, 0.4) is 0 Å². The normalized spacial score (nSPS) is 11.0. The van der Waals surface area contributed by atoms with Crippen molar-refractivity contribution in [2.24, 2.45) is 0 Å². The van der Waals surface area contributed by atoms with Gasteiger partial charge in [0.25, 0.3) is 15.9 Å². The van der Waals surface area contributed by atoms with Crippen LogP contribution in [0.4, 0.5) is 20.2 Å². The molecule has 2 N–H and O–H groups in total. The van der Waals surface area contributed by atoms with Crippen LogP contribution in [0.2, 0.25) is 0 Å². The second kappa shape index (κ2) is 8.27. The summed E-state index contributed by atoms with van der Waals surface area (Å²) < 4.78 is 59.6. The van der Waals surface area contributed by atoms with E-state index in [2.05, 4.69) is 10.0 Å². The fraction of sp³-hybridized carbons (Fsp3) is 0.0500. The third-order valence-corrected chi connectivity index (χ3v) is 5.35. The molecule has 9 heteroatoms. The van der Waals surface area contributed by atoms with E-state index in [-0.39, 0.29) is 11.3 Å².